The highest BCUT2D eigenvalue weighted by Crippen LogP contribution is 2.66. The highest BCUT2D eigenvalue weighted by molar-refractivity contribution is 5.90. The number of carboxylic acids is 1. The van der Waals surface area contributed by atoms with Gasteiger partial charge in [0, 0.05) is 17.8 Å². The summed E-state index contributed by atoms with van der Waals surface area (Å²) in [7, 11) is 0. The minimum Gasteiger partial charge on any atom is -0.477 e. The molecule has 7 heteroatoms. The zero-order chi connectivity index (χ0) is 18.2. The molecule has 0 unspecified atom stereocenters. The Morgan fingerprint density at radius 3 is 2.48 bits per heavy atom. The van der Waals surface area contributed by atoms with Gasteiger partial charge in [-0.15, -0.1) is 0 Å². The van der Waals surface area contributed by atoms with E-state index in [1.54, 1.807) is 4.40 Å². The Hall–Kier alpha value is -2.15. The molecule has 25 heavy (non-hydrogen) atoms. The molecule has 2 aliphatic heterocycles. The first-order valence-corrected chi connectivity index (χ1v) is 8.56. The van der Waals surface area contributed by atoms with Crippen molar-refractivity contribution in [2.45, 2.75) is 70.2 Å². The van der Waals surface area contributed by atoms with Crippen molar-refractivity contribution in [1.82, 2.24) is 14.4 Å². The van der Waals surface area contributed by atoms with Crippen molar-refractivity contribution in [1.29, 1.82) is 0 Å². The monoisotopic (exact) mass is 345 g/mol. The van der Waals surface area contributed by atoms with Gasteiger partial charge in [-0.1, -0.05) is 0 Å². The minimum atomic E-state index is -1.07. The maximum atomic E-state index is 11.6. The number of rotatable bonds is 4. The number of fused-ring (bicyclic) bond motifs is 2. The van der Waals surface area contributed by atoms with Gasteiger partial charge in [0.2, 0.25) is 11.7 Å². The Kier molecular flexibility index (Phi) is 3.08. The fourth-order valence-electron chi connectivity index (χ4n) is 4.52. The van der Waals surface area contributed by atoms with Crippen molar-refractivity contribution in [2.24, 2.45) is 0 Å². The summed E-state index contributed by atoms with van der Waals surface area (Å²) in [5.41, 5.74) is 0.371. The maximum Gasteiger partial charge on any atom is 0.342 e. The molecular weight excluding hydrogens is 322 g/mol. The molecule has 0 radical (unpaired) electrons. The van der Waals surface area contributed by atoms with Crippen LogP contribution in [0.15, 0.2) is 12.4 Å². The summed E-state index contributed by atoms with van der Waals surface area (Å²) in [6.45, 7) is 9.99. The van der Waals surface area contributed by atoms with Crippen LogP contribution in [0.2, 0.25) is 0 Å². The number of aromatic nitrogens is 3. The van der Waals surface area contributed by atoms with Gasteiger partial charge in [-0.2, -0.15) is 4.98 Å². The van der Waals surface area contributed by atoms with Crippen LogP contribution in [0, 0.1) is 0 Å². The van der Waals surface area contributed by atoms with Gasteiger partial charge in [0.15, 0.2) is 0 Å². The topological polar surface area (TPSA) is 86.0 Å². The summed E-state index contributed by atoms with van der Waals surface area (Å²) in [6.07, 6.45) is 5.06. The highest BCUT2D eigenvalue weighted by Gasteiger charge is 2.71. The van der Waals surface area contributed by atoms with E-state index in [-0.39, 0.29) is 34.2 Å². The fourth-order valence-corrected chi connectivity index (χ4v) is 4.52. The lowest BCUT2D eigenvalue weighted by molar-refractivity contribution is -0.0425. The van der Waals surface area contributed by atoms with E-state index in [4.69, 9.17) is 14.5 Å². The van der Waals surface area contributed by atoms with E-state index >= 15 is 0 Å². The van der Waals surface area contributed by atoms with Crippen molar-refractivity contribution in [3.63, 3.8) is 0 Å². The molecule has 0 amide bonds. The first-order valence-electron chi connectivity index (χ1n) is 8.56. The average Bonchev–Trinajstić information content (AvgIpc) is 2.99. The van der Waals surface area contributed by atoms with E-state index in [1.165, 1.54) is 6.20 Å². The average molecular weight is 345 g/mol. The third-order valence-corrected chi connectivity index (χ3v) is 5.49. The zero-order valence-electron chi connectivity index (χ0n) is 15.2. The van der Waals surface area contributed by atoms with Crippen LogP contribution in [0.25, 0.3) is 5.78 Å². The standard InChI is InChI=1S/C18H23N3O4/c1-10(2)24-13-11(14(22)23)6-21-7-12(19-15(21)20-13)18-8-17(5,9-18)25-16(18,3)4/h6-7,10H,8-9H2,1-5H3,(H,22,23). The van der Waals surface area contributed by atoms with Crippen LogP contribution in [0.3, 0.4) is 0 Å². The van der Waals surface area contributed by atoms with Crippen LogP contribution in [-0.2, 0) is 10.2 Å². The largest absolute Gasteiger partial charge is 0.477 e. The van der Waals surface area contributed by atoms with Gasteiger partial charge in [0.05, 0.1) is 23.0 Å². The van der Waals surface area contributed by atoms with Gasteiger partial charge < -0.3 is 14.6 Å². The Morgan fingerprint density at radius 1 is 1.28 bits per heavy atom. The number of ether oxygens (including phenoxy) is 2. The molecule has 0 atom stereocenters. The molecule has 4 heterocycles. The van der Waals surface area contributed by atoms with Crippen molar-refractivity contribution in [2.75, 3.05) is 0 Å². The predicted molar refractivity (Wildman–Crippen MR) is 90.2 cm³/mol. The number of carboxylic acid groups (broad SMARTS) is 1. The number of aromatic carboxylic acids is 1. The molecule has 0 aromatic carbocycles. The first-order chi connectivity index (χ1) is 11.6. The molecule has 5 rings (SSSR count). The number of nitrogens with zero attached hydrogens (tertiary/aromatic N) is 3. The molecule has 2 saturated heterocycles. The highest BCUT2D eigenvalue weighted by atomic mass is 16.5. The van der Waals surface area contributed by atoms with Crippen LogP contribution < -0.4 is 4.74 Å². The van der Waals surface area contributed by atoms with Crippen molar-refractivity contribution in [3.05, 3.63) is 23.7 Å². The van der Waals surface area contributed by atoms with E-state index in [0.717, 1.165) is 18.5 Å². The summed E-state index contributed by atoms with van der Waals surface area (Å²) in [5, 5.41) is 9.46. The third kappa shape index (κ3) is 2.18. The number of hydrogen-bond acceptors (Lipinski definition) is 5. The van der Waals surface area contributed by atoms with Gasteiger partial charge >= 0.3 is 5.97 Å². The molecule has 134 valence electrons. The van der Waals surface area contributed by atoms with Gasteiger partial charge in [0.25, 0.3) is 0 Å². The second kappa shape index (κ2) is 4.72. The van der Waals surface area contributed by atoms with E-state index < -0.39 is 5.97 Å². The van der Waals surface area contributed by atoms with E-state index in [1.807, 2.05) is 20.0 Å². The van der Waals surface area contributed by atoms with Gasteiger partial charge in [-0.25, -0.2) is 9.78 Å². The van der Waals surface area contributed by atoms with Crippen molar-refractivity contribution >= 4 is 11.7 Å². The Labute approximate surface area is 146 Å². The molecule has 1 N–H and O–H groups in total. The maximum absolute atomic E-state index is 11.6. The molecule has 2 aromatic rings. The van der Waals surface area contributed by atoms with Gasteiger partial charge in [-0.05, 0) is 47.5 Å². The predicted octanol–water partition coefficient (Wildman–Crippen LogP) is 2.81. The summed E-state index contributed by atoms with van der Waals surface area (Å²) < 4.78 is 13.5. The second-order valence-electron chi connectivity index (χ2n) is 8.26. The summed E-state index contributed by atoms with van der Waals surface area (Å²) in [6, 6.07) is 0. The number of imidazole rings is 1. The lowest BCUT2D eigenvalue weighted by Gasteiger charge is -2.44. The van der Waals surface area contributed by atoms with E-state index in [2.05, 4.69) is 25.8 Å². The SMILES string of the molecule is CC(C)Oc1nc2nc(C34CC(C)(C3)OC4(C)C)cn2cc1C(=O)O. The van der Waals surface area contributed by atoms with Crippen molar-refractivity contribution < 1.29 is 19.4 Å². The Morgan fingerprint density at radius 2 is 1.96 bits per heavy atom. The van der Waals surface area contributed by atoms with Crippen LogP contribution in [-0.4, -0.2) is 42.8 Å². The van der Waals surface area contributed by atoms with E-state index in [0.29, 0.717) is 5.78 Å². The second-order valence-corrected chi connectivity index (χ2v) is 8.26. The van der Waals surface area contributed by atoms with Crippen LogP contribution in [0.1, 0.15) is 63.5 Å². The molecule has 1 saturated carbocycles. The minimum absolute atomic E-state index is 0.0306. The lowest BCUT2D eigenvalue weighted by atomic mass is 9.56. The molecule has 3 aliphatic rings. The quantitative estimate of drug-likeness (QED) is 0.917. The molecule has 2 bridgehead atoms. The first kappa shape index (κ1) is 16.3. The van der Waals surface area contributed by atoms with Crippen LogP contribution in [0.5, 0.6) is 5.88 Å². The molecule has 0 spiro atoms. The van der Waals surface area contributed by atoms with Gasteiger partial charge in [-0.3, -0.25) is 4.40 Å². The Bertz CT molecular complexity index is 878. The van der Waals surface area contributed by atoms with Gasteiger partial charge in [0.1, 0.15) is 5.56 Å². The summed E-state index contributed by atoms with van der Waals surface area (Å²) in [4.78, 5) is 20.6. The smallest absolute Gasteiger partial charge is 0.342 e. The molecule has 3 fully saturated rings. The Balaban J connectivity index is 1.83. The lowest BCUT2D eigenvalue weighted by Crippen LogP contribution is -2.50. The molecule has 7 nitrogen and oxygen atoms in total. The van der Waals surface area contributed by atoms with Crippen LogP contribution >= 0.6 is 0 Å². The normalized spacial score (nSPS) is 29.8. The number of hydrogen-bond donors (Lipinski definition) is 1. The zero-order valence-corrected chi connectivity index (χ0v) is 15.2. The molecule has 2 aromatic heterocycles. The fraction of sp³-hybridized carbons (Fsp3) is 0.611. The third-order valence-electron chi connectivity index (χ3n) is 5.49. The summed E-state index contributed by atoms with van der Waals surface area (Å²) in [5.74, 6) is -0.523. The van der Waals surface area contributed by atoms with Crippen molar-refractivity contribution in [3.8, 4) is 5.88 Å². The van der Waals surface area contributed by atoms with E-state index in [9.17, 15) is 9.90 Å². The van der Waals surface area contributed by atoms with Crippen LogP contribution in [0.4, 0.5) is 0 Å². The molecular formula is C18H23N3O4. The summed E-state index contributed by atoms with van der Waals surface area (Å²) >= 11 is 0. The molecule has 1 aliphatic carbocycles. The number of carbonyl (C=O) groups is 1.